The van der Waals surface area contributed by atoms with Crippen LogP contribution in [0, 0.1) is 27.2 Å². The van der Waals surface area contributed by atoms with E-state index in [4.69, 9.17) is 11.6 Å². The molecule has 0 aliphatic rings. The second-order valence-electron chi connectivity index (χ2n) is 5.29. The van der Waals surface area contributed by atoms with Gasteiger partial charge in [0.1, 0.15) is 5.52 Å². The monoisotopic (exact) mass is 391 g/mol. The fraction of sp³-hybridized carbons (Fsp3) is 0.0625. The van der Waals surface area contributed by atoms with Gasteiger partial charge in [-0.25, -0.2) is 0 Å². The molecule has 0 unspecified atom stereocenters. The van der Waals surface area contributed by atoms with Gasteiger partial charge in [-0.15, -0.1) is 0 Å². The molecule has 0 amide bonds. The number of aromatic nitrogens is 2. The SMILES string of the molecule is Cc1c(C(=O)/C=C/c2ccc([N+](=O)[O-])s2)[n+](=O)c2cc(Cl)ccc2n1[O-]. The number of allylic oxidation sites excluding steroid dienone is 1. The Hall–Kier alpha value is -3.04. The van der Waals surface area contributed by atoms with E-state index in [0.717, 1.165) is 17.4 Å². The van der Waals surface area contributed by atoms with Crippen LogP contribution in [0.2, 0.25) is 5.02 Å². The van der Waals surface area contributed by atoms with Crippen molar-refractivity contribution in [1.82, 2.24) is 4.73 Å². The van der Waals surface area contributed by atoms with Gasteiger partial charge in [-0.05, 0) is 37.3 Å². The minimum absolute atomic E-state index is 0.0263. The lowest BCUT2D eigenvalue weighted by molar-refractivity contribution is -0.468. The fourth-order valence-corrected chi connectivity index (χ4v) is 3.31. The summed E-state index contributed by atoms with van der Waals surface area (Å²) in [6, 6.07) is 6.99. The minimum Gasteiger partial charge on any atom is -0.805 e. The zero-order valence-corrected chi connectivity index (χ0v) is 14.8. The van der Waals surface area contributed by atoms with E-state index in [-0.39, 0.29) is 32.4 Å². The number of rotatable bonds is 4. The van der Waals surface area contributed by atoms with E-state index in [0.29, 0.717) is 14.0 Å². The third kappa shape index (κ3) is 3.09. The Kier molecular flexibility index (Phi) is 4.58. The maximum Gasteiger partial charge on any atom is 0.329 e. The molecule has 0 saturated carbocycles. The molecule has 8 nitrogen and oxygen atoms in total. The summed E-state index contributed by atoms with van der Waals surface area (Å²) in [7, 11) is 0. The van der Waals surface area contributed by atoms with Crippen LogP contribution in [-0.2, 0) is 0 Å². The Morgan fingerprint density at radius 2 is 2.08 bits per heavy atom. The molecule has 132 valence electrons. The first-order chi connectivity index (χ1) is 12.3. The van der Waals surface area contributed by atoms with Crippen LogP contribution in [0.1, 0.15) is 21.1 Å². The summed E-state index contributed by atoms with van der Waals surface area (Å²) < 4.78 is 0.867. The Balaban J connectivity index is 2.06. The third-order valence-electron chi connectivity index (χ3n) is 3.65. The molecule has 26 heavy (non-hydrogen) atoms. The minimum atomic E-state index is -0.694. The van der Waals surface area contributed by atoms with Crippen LogP contribution >= 0.6 is 22.9 Å². The molecule has 0 spiro atoms. The van der Waals surface area contributed by atoms with E-state index in [1.54, 1.807) is 0 Å². The molecule has 3 aromatic rings. The lowest BCUT2D eigenvalue weighted by Gasteiger charge is -2.15. The van der Waals surface area contributed by atoms with Crippen LogP contribution in [0.5, 0.6) is 0 Å². The first-order valence-electron chi connectivity index (χ1n) is 7.21. The number of fused-ring (bicyclic) bond motifs is 1. The van der Waals surface area contributed by atoms with Gasteiger partial charge in [-0.1, -0.05) is 22.9 Å². The first kappa shape index (κ1) is 17.8. The van der Waals surface area contributed by atoms with Gasteiger partial charge in [0.05, 0.1) is 15.0 Å². The standard InChI is InChI=1S/C16H10ClN3O5S/c1-9-16(14(21)6-3-11-4-7-15(26-11)20(24)25)19(23)13-8-10(17)2-5-12(13)18(9)22/h2-8H,1H3/b6-3+. The molecule has 10 heteroatoms. The van der Waals surface area contributed by atoms with Gasteiger partial charge < -0.3 is 9.94 Å². The van der Waals surface area contributed by atoms with Crippen LogP contribution < -0.4 is 4.43 Å². The Labute approximate surface area is 154 Å². The van der Waals surface area contributed by atoms with Crippen molar-refractivity contribution in [3.05, 3.63) is 77.9 Å². The van der Waals surface area contributed by atoms with E-state index in [9.17, 15) is 25.0 Å². The molecular formula is C16H10ClN3O5S. The van der Waals surface area contributed by atoms with Gasteiger partial charge >= 0.3 is 10.7 Å². The first-order valence-corrected chi connectivity index (χ1v) is 8.40. The molecule has 0 saturated heterocycles. The zero-order valence-electron chi connectivity index (χ0n) is 13.2. The molecule has 1 aromatic carbocycles. The van der Waals surface area contributed by atoms with Gasteiger partial charge in [-0.2, -0.15) is 0 Å². The van der Waals surface area contributed by atoms with Crippen molar-refractivity contribution in [3.8, 4) is 0 Å². The third-order valence-corrected chi connectivity index (χ3v) is 4.89. The number of ketones is 1. The van der Waals surface area contributed by atoms with Gasteiger partial charge in [0, 0.05) is 26.9 Å². The van der Waals surface area contributed by atoms with Gasteiger partial charge in [0.2, 0.25) is 0 Å². The maximum atomic E-state index is 12.6. The second-order valence-corrected chi connectivity index (χ2v) is 6.82. The number of nitro groups is 1. The number of hydrogen-bond donors (Lipinski definition) is 0. The highest BCUT2D eigenvalue weighted by Crippen LogP contribution is 2.25. The van der Waals surface area contributed by atoms with Crippen molar-refractivity contribution >= 4 is 50.8 Å². The van der Waals surface area contributed by atoms with Crippen LogP contribution in [0.25, 0.3) is 17.1 Å². The summed E-state index contributed by atoms with van der Waals surface area (Å²) in [5.41, 5.74) is -0.323. The van der Waals surface area contributed by atoms with Crippen molar-refractivity contribution in [2.24, 2.45) is 0 Å². The lowest BCUT2D eigenvalue weighted by atomic mass is 10.2. The molecule has 0 bridgehead atoms. The highest BCUT2D eigenvalue weighted by Gasteiger charge is 2.25. The smallest absolute Gasteiger partial charge is 0.329 e. The number of halogens is 1. The van der Waals surface area contributed by atoms with Crippen LogP contribution in [0.3, 0.4) is 0 Å². The maximum absolute atomic E-state index is 12.6. The number of hydrogen-bond acceptors (Lipinski definition) is 6. The number of carbonyl (C=O) groups is 1. The summed E-state index contributed by atoms with van der Waals surface area (Å²) in [5, 5.41) is 23.2. The number of nitrogens with zero attached hydrogens (tertiary/aromatic N) is 3. The molecule has 3 rings (SSSR count). The molecule has 0 fully saturated rings. The molecule has 0 radical (unpaired) electrons. The van der Waals surface area contributed by atoms with E-state index < -0.39 is 10.7 Å². The lowest BCUT2D eigenvalue weighted by Crippen LogP contribution is -2.29. The average molecular weight is 392 g/mol. The average Bonchev–Trinajstić information content (AvgIpc) is 3.07. The molecular weight excluding hydrogens is 382 g/mol. The summed E-state index contributed by atoms with van der Waals surface area (Å²) in [6.45, 7) is 1.37. The topological polar surface area (TPSA) is 111 Å². The summed E-state index contributed by atoms with van der Waals surface area (Å²) >= 11 is 6.75. The molecule has 2 heterocycles. The normalized spacial score (nSPS) is 11.3. The Morgan fingerprint density at radius 1 is 1.35 bits per heavy atom. The predicted octanol–water partition coefficient (Wildman–Crippen LogP) is 3.73. The van der Waals surface area contributed by atoms with E-state index in [1.807, 2.05) is 0 Å². The molecule has 0 aliphatic heterocycles. The molecule has 0 atom stereocenters. The Morgan fingerprint density at radius 3 is 2.73 bits per heavy atom. The van der Waals surface area contributed by atoms with Crippen molar-refractivity contribution in [3.63, 3.8) is 0 Å². The summed E-state index contributed by atoms with van der Waals surface area (Å²) in [6.07, 6.45) is 2.46. The van der Waals surface area contributed by atoms with E-state index in [1.165, 1.54) is 43.3 Å². The summed E-state index contributed by atoms with van der Waals surface area (Å²) in [4.78, 5) is 35.6. The Bertz CT molecular complexity index is 1150. The molecule has 2 aromatic heterocycles. The van der Waals surface area contributed by atoms with Crippen LogP contribution in [0.4, 0.5) is 5.00 Å². The van der Waals surface area contributed by atoms with E-state index >= 15 is 0 Å². The predicted molar refractivity (Wildman–Crippen MR) is 98.2 cm³/mol. The quantitative estimate of drug-likeness (QED) is 0.221. The summed E-state index contributed by atoms with van der Waals surface area (Å²) in [5.74, 6) is -0.694. The largest absolute Gasteiger partial charge is 0.805 e. The molecule has 0 aliphatic carbocycles. The fourth-order valence-electron chi connectivity index (χ4n) is 2.42. The number of thiophene rings is 1. The molecule has 0 N–H and O–H groups in total. The van der Waals surface area contributed by atoms with Crippen LogP contribution in [-0.4, -0.2) is 15.4 Å². The number of benzene rings is 1. The zero-order chi connectivity index (χ0) is 19.0. The highest BCUT2D eigenvalue weighted by molar-refractivity contribution is 7.16. The van der Waals surface area contributed by atoms with Gasteiger partial charge in [-0.3, -0.25) is 14.9 Å². The number of carbonyl (C=O) groups excluding carboxylic acids is 1. The highest BCUT2D eigenvalue weighted by atomic mass is 35.5. The van der Waals surface area contributed by atoms with Gasteiger partial charge in [0.25, 0.3) is 11.3 Å². The van der Waals surface area contributed by atoms with Gasteiger partial charge in [0.15, 0.2) is 0 Å². The van der Waals surface area contributed by atoms with Crippen molar-refractivity contribution in [1.29, 1.82) is 0 Å². The van der Waals surface area contributed by atoms with Crippen molar-refractivity contribution < 1.29 is 14.1 Å². The second kappa shape index (κ2) is 6.70. The van der Waals surface area contributed by atoms with Crippen molar-refractivity contribution in [2.75, 3.05) is 0 Å². The van der Waals surface area contributed by atoms with E-state index in [2.05, 4.69) is 0 Å². The van der Waals surface area contributed by atoms with Crippen LogP contribution in [0.15, 0.2) is 36.4 Å². The van der Waals surface area contributed by atoms with Crippen molar-refractivity contribution in [2.45, 2.75) is 6.92 Å².